The zero-order valence-electron chi connectivity index (χ0n) is 32.5. The van der Waals surface area contributed by atoms with Crippen molar-refractivity contribution >= 4 is 71.0 Å². The normalized spacial score (nSPS) is 18.4. The molecule has 2 aromatic carbocycles. The molecule has 0 bridgehead atoms. The first kappa shape index (κ1) is 43.8. The van der Waals surface area contributed by atoms with Crippen LogP contribution in [0.15, 0.2) is 70.9 Å². The Hall–Kier alpha value is -5.91. The molecule has 6 rings (SSSR count). The second kappa shape index (κ2) is 20.8. The molecule has 2 saturated heterocycles. The van der Waals surface area contributed by atoms with E-state index in [1.54, 1.807) is 40.4 Å². The third kappa shape index (κ3) is 13.1. The Balaban J connectivity index is 0.000000228. The number of nitrogens with zero attached hydrogens (tertiary/aromatic N) is 7. The number of carbonyl (C=O) groups is 4. The largest absolute Gasteiger partial charge is 0.442 e. The Morgan fingerprint density at radius 1 is 0.807 bits per heavy atom. The van der Waals surface area contributed by atoms with Crippen LogP contribution < -0.4 is 35.7 Å². The Bertz CT molecular complexity index is 1870. The predicted molar refractivity (Wildman–Crippen MR) is 217 cm³/mol. The third-order valence-corrected chi connectivity index (χ3v) is 8.85. The molecule has 4 aliphatic rings. The Morgan fingerprint density at radius 3 is 1.67 bits per heavy atom. The van der Waals surface area contributed by atoms with Crippen molar-refractivity contribution in [3.8, 4) is 0 Å². The maximum atomic E-state index is 14.7. The van der Waals surface area contributed by atoms with Gasteiger partial charge in [0.15, 0.2) is 0 Å². The predicted octanol–water partition coefficient (Wildman–Crippen LogP) is 4.37. The van der Waals surface area contributed by atoms with Crippen molar-refractivity contribution in [2.75, 3.05) is 84.4 Å². The summed E-state index contributed by atoms with van der Waals surface area (Å²) in [5.41, 5.74) is 6.44. The molecule has 0 unspecified atom stereocenters. The minimum Gasteiger partial charge on any atom is -0.442 e. The second-order valence-electron chi connectivity index (χ2n) is 13.6. The monoisotopic (exact) mass is 814 g/mol. The van der Waals surface area contributed by atoms with Gasteiger partial charge in [-0.3, -0.25) is 24.4 Å². The molecule has 0 spiro atoms. The van der Waals surface area contributed by atoms with Gasteiger partial charge in [0, 0.05) is 32.8 Å². The molecule has 308 valence electrons. The highest BCUT2D eigenvalue weighted by Crippen LogP contribution is 2.29. The molecule has 0 aliphatic carbocycles. The van der Waals surface area contributed by atoms with E-state index in [1.165, 1.54) is 42.1 Å². The number of halogens is 3. The van der Waals surface area contributed by atoms with Crippen LogP contribution in [0, 0.1) is 11.6 Å². The average Bonchev–Trinajstić information content (AvgIpc) is 3.75. The summed E-state index contributed by atoms with van der Waals surface area (Å²) in [5.74, 6) is -0.707. The van der Waals surface area contributed by atoms with Gasteiger partial charge in [-0.15, -0.1) is 11.6 Å². The lowest BCUT2D eigenvalue weighted by molar-refractivity contribution is -0.120. The summed E-state index contributed by atoms with van der Waals surface area (Å²) in [7, 11) is 0. The van der Waals surface area contributed by atoms with Gasteiger partial charge >= 0.3 is 12.2 Å². The zero-order valence-corrected chi connectivity index (χ0v) is 33.2. The number of hydrogen-bond acceptors (Lipinski definition) is 12. The van der Waals surface area contributed by atoms with E-state index in [4.69, 9.17) is 21.1 Å². The highest BCUT2D eigenvalue weighted by Gasteiger charge is 2.34. The van der Waals surface area contributed by atoms with Crippen LogP contribution >= 0.6 is 11.6 Å². The van der Waals surface area contributed by atoms with Gasteiger partial charge in [0.25, 0.3) is 0 Å². The number of alkyl halides is 1. The van der Waals surface area contributed by atoms with E-state index in [0.29, 0.717) is 61.4 Å². The molecule has 4 aliphatic heterocycles. The number of rotatable bonds is 11. The zero-order chi connectivity index (χ0) is 41.6. The van der Waals surface area contributed by atoms with Gasteiger partial charge in [-0.1, -0.05) is 24.3 Å². The summed E-state index contributed by atoms with van der Waals surface area (Å²) in [6, 6.07) is 9.18. The first-order valence-corrected chi connectivity index (χ1v) is 18.7. The van der Waals surface area contributed by atoms with Crippen molar-refractivity contribution in [2.45, 2.75) is 39.9 Å². The quantitative estimate of drug-likeness (QED) is 0.219. The molecule has 2 fully saturated rings. The van der Waals surface area contributed by atoms with Gasteiger partial charge in [0.2, 0.25) is 11.8 Å². The lowest BCUT2D eigenvalue weighted by Crippen LogP contribution is -2.38. The Kier molecular flexibility index (Phi) is 16.0. The number of cyclic esters (lactones) is 2. The van der Waals surface area contributed by atoms with Crippen molar-refractivity contribution in [3.05, 3.63) is 72.3 Å². The summed E-state index contributed by atoms with van der Waals surface area (Å²) in [5, 5.41) is 15.3. The molecule has 0 saturated carbocycles. The molecule has 3 N–H and O–H groups in total. The van der Waals surface area contributed by atoms with E-state index in [-0.39, 0.29) is 38.0 Å². The molecule has 19 heteroatoms. The van der Waals surface area contributed by atoms with Gasteiger partial charge in [-0.25, -0.2) is 18.4 Å². The fourth-order valence-electron chi connectivity index (χ4n) is 5.66. The summed E-state index contributed by atoms with van der Waals surface area (Å²) in [4.78, 5) is 52.1. The van der Waals surface area contributed by atoms with Crippen LogP contribution in [0.5, 0.6) is 0 Å². The van der Waals surface area contributed by atoms with E-state index in [9.17, 15) is 28.0 Å². The second-order valence-corrected chi connectivity index (χ2v) is 13.9. The number of anilines is 4. The van der Waals surface area contributed by atoms with Crippen LogP contribution in [-0.4, -0.2) is 119 Å². The van der Waals surface area contributed by atoms with Crippen LogP contribution in [0.25, 0.3) is 0 Å². The van der Waals surface area contributed by atoms with E-state index in [0.717, 1.165) is 11.1 Å². The molecular weight excluding hydrogens is 766 g/mol. The molecule has 16 nitrogen and oxygen atoms in total. The van der Waals surface area contributed by atoms with Crippen molar-refractivity contribution in [1.82, 2.24) is 21.1 Å². The molecular formula is C38H49ClF2N10O6. The van der Waals surface area contributed by atoms with Crippen molar-refractivity contribution in [2.24, 2.45) is 10.2 Å². The van der Waals surface area contributed by atoms with Crippen LogP contribution in [0.2, 0.25) is 0 Å². The van der Waals surface area contributed by atoms with Gasteiger partial charge in [-0.2, -0.15) is 10.2 Å². The first-order chi connectivity index (χ1) is 27.1. The molecule has 57 heavy (non-hydrogen) atoms. The lowest BCUT2D eigenvalue weighted by atomic mass is 10.2. The molecule has 0 aromatic heterocycles. The summed E-state index contributed by atoms with van der Waals surface area (Å²) in [6.07, 6.45) is 1.09. The highest BCUT2D eigenvalue weighted by atomic mass is 35.5. The fourth-order valence-corrected chi connectivity index (χ4v) is 5.66. The Morgan fingerprint density at radius 2 is 1.30 bits per heavy atom. The highest BCUT2D eigenvalue weighted by molar-refractivity contribution is 6.19. The summed E-state index contributed by atoms with van der Waals surface area (Å²) < 4.78 is 39.5. The fraction of sp³-hybridized carbons (Fsp3) is 0.421. The van der Waals surface area contributed by atoms with Crippen LogP contribution in [0.3, 0.4) is 0 Å². The van der Waals surface area contributed by atoms with Crippen molar-refractivity contribution < 1.29 is 37.4 Å². The summed E-state index contributed by atoms with van der Waals surface area (Å²) in [6.45, 7) is 18.1. The standard InChI is InChI=1S/C19H24FN5O3.C15H18FN5O3.C4H7Cl/c1-13(2)10-24-7-6-23(12-22-24)18-5-4-15(8-17(18)20)25-11-16(28-19(25)27)9-21-14(3)26;1-10(22)17-7-12-8-21(15(23)24-12)11-2-3-14(13(16)6-11)20-5-4-18-19-9-20;1-4(2)3-5/h4-5,8,12,16H,1,6-7,9-11H2,2-3H3,(H,21,26);2-3,6,9,12,18H,4-5,7-8H2,1H3,(H,17,22);1,3H2,2H3/t16-;12-;/m00./s1. The first-order valence-electron chi connectivity index (χ1n) is 18.1. The number of hydrazone groups is 2. The van der Waals surface area contributed by atoms with E-state index >= 15 is 0 Å². The number of allylic oxidation sites excluding steroid dienone is 1. The van der Waals surface area contributed by atoms with Gasteiger partial charge in [-0.05, 0) is 50.2 Å². The number of amides is 4. The molecule has 4 heterocycles. The number of benzene rings is 2. The van der Waals surface area contributed by atoms with E-state index in [2.05, 4.69) is 39.4 Å². The third-order valence-electron chi connectivity index (χ3n) is 8.40. The van der Waals surface area contributed by atoms with E-state index < -0.39 is 36.0 Å². The van der Waals surface area contributed by atoms with Gasteiger partial charge < -0.3 is 35.3 Å². The number of carbonyl (C=O) groups excluding carboxylic acids is 4. The molecule has 2 atom stereocenters. The van der Waals surface area contributed by atoms with E-state index in [1.807, 2.05) is 18.9 Å². The number of hydrogen-bond donors (Lipinski definition) is 3. The maximum absolute atomic E-state index is 14.7. The average molecular weight is 815 g/mol. The molecule has 4 amide bonds. The van der Waals surface area contributed by atoms with Crippen LogP contribution in [-0.2, 0) is 19.1 Å². The number of nitrogens with one attached hydrogen (secondary N) is 3. The Labute approximate surface area is 335 Å². The number of ether oxygens (including phenoxy) is 2. The minimum absolute atomic E-state index is 0.197. The van der Waals surface area contributed by atoms with Crippen LogP contribution in [0.1, 0.15) is 27.7 Å². The van der Waals surface area contributed by atoms with Gasteiger partial charge in [0.05, 0.1) is 68.6 Å². The van der Waals surface area contributed by atoms with Gasteiger partial charge in [0.1, 0.15) is 36.5 Å². The maximum Gasteiger partial charge on any atom is 0.414 e. The topological polar surface area (TPSA) is 164 Å². The molecule has 0 radical (unpaired) electrons. The smallest absolute Gasteiger partial charge is 0.414 e. The van der Waals surface area contributed by atoms with Crippen molar-refractivity contribution in [1.29, 1.82) is 0 Å². The SMILES string of the molecule is C=C(C)CCl.C=C(C)CN1CCN(c2ccc(N3C[C@H](CNC(C)=O)OC3=O)cc2F)C=N1.CC(=O)NC[C@H]1CN(c2ccc(N3C=NNCC3)c(F)c2)C(=O)O1. The van der Waals surface area contributed by atoms with Crippen molar-refractivity contribution in [3.63, 3.8) is 0 Å². The molecule has 2 aromatic rings. The van der Waals surface area contributed by atoms with Crippen LogP contribution in [0.4, 0.5) is 41.1 Å². The lowest BCUT2D eigenvalue weighted by Gasteiger charge is -2.30. The minimum atomic E-state index is -0.558. The summed E-state index contributed by atoms with van der Waals surface area (Å²) >= 11 is 5.24.